The van der Waals surface area contributed by atoms with Crippen LogP contribution in [0.1, 0.15) is 67.2 Å². The SMILES string of the molecule is C[C@H](N)C(=O)NCCCCCCN1N=C(c2ccc(NC(=O)N3Cc4ccncc4C3)cc2)CC(c2ccc3cccnc3c2)C1=O. The maximum atomic E-state index is 13.8. The van der Waals surface area contributed by atoms with E-state index in [9.17, 15) is 14.4 Å². The number of unbranched alkanes of at least 4 members (excludes halogenated alkanes) is 3. The predicted molar refractivity (Wildman–Crippen MR) is 181 cm³/mol. The quantitative estimate of drug-likeness (QED) is 0.200. The van der Waals surface area contributed by atoms with Gasteiger partial charge in [0.15, 0.2) is 0 Å². The summed E-state index contributed by atoms with van der Waals surface area (Å²) in [6, 6.07) is 18.8. The Labute approximate surface area is 274 Å². The number of carbonyl (C=O) groups excluding carboxylic acids is 3. The zero-order valence-corrected chi connectivity index (χ0v) is 26.6. The van der Waals surface area contributed by atoms with Gasteiger partial charge in [-0.15, -0.1) is 0 Å². The van der Waals surface area contributed by atoms with Crippen LogP contribution in [0, 0.1) is 0 Å². The molecule has 4 aromatic rings. The number of anilines is 1. The number of benzene rings is 2. The van der Waals surface area contributed by atoms with E-state index < -0.39 is 12.0 Å². The first-order valence-corrected chi connectivity index (χ1v) is 16.2. The summed E-state index contributed by atoms with van der Waals surface area (Å²) in [5.41, 5.74) is 11.9. The van der Waals surface area contributed by atoms with Gasteiger partial charge in [-0.2, -0.15) is 5.10 Å². The number of hydrazone groups is 1. The molecule has 0 saturated carbocycles. The topological polar surface area (TPSA) is 146 Å². The number of nitrogens with zero attached hydrogens (tertiary/aromatic N) is 5. The lowest BCUT2D eigenvalue weighted by molar-refractivity contribution is -0.133. The first-order valence-electron chi connectivity index (χ1n) is 16.2. The van der Waals surface area contributed by atoms with Crippen molar-refractivity contribution in [1.29, 1.82) is 0 Å². The second-order valence-corrected chi connectivity index (χ2v) is 12.2. The minimum Gasteiger partial charge on any atom is -0.355 e. The van der Waals surface area contributed by atoms with Crippen LogP contribution in [-0.4, -0.2) is 62.6 Å². The van der Waals surface area contributed by atoms with E-state index in [0.717, 1.165) is 64.6 Å². The first-order chi connectivity index (χ1) is 22.9. The van der Waals surface area contributed by atoms with Gasteiger partial charge in [0.25, 0.3) is 5.91 Å². The van der Waals surface area contributed by atoms with Crippen molar-refractivity contribution in [2.45, 2.75) is 64.1 Å². The van der Waals surface area contributed by atoms with Crippen molar-refractivity contribution in [1.82, 2.24) is 25.2 Å². The van der Waals surface area contributed by atoms with Crippen molar-refractivity contribution in [3.05, 3.63) is 102 Å². The average Bonchev–Trinajstić information content (AvgIpc) is 3.53. The number of urea groups is 1. The molecule has 2 aliphatic rings. The zero-order valence-electron chi connectivity index (χ0n) is 26.6. The molecule has 0 fully saturated rings. The summed E-state index contributed by atoms with van der Waals surface area (Å²) in [6.07, 6.45) is 9.23. The minimum absolute atomic E-state index is 0.0288. The van der Waals surface area contributed by atoms with Crippen molar-refractivity contribution in [3.63, 3.8) is 0 Å². The molecule has 1 unspecified atom stereocenters. The fourth-order valence-corrected chi connectivity index (χ4v) is 6.02. The summed E-state index contributed by atoms with van der Waals surface area (Å²) < 4.78 is 0. The molecule has 0 saturated heterocycles. The summed E-state index contributed by atoms with van der Waals surface area (Å²) >= 11 is 0. The standard InChI is InChI=1S/C36H40N8O3/c1-24(37)34(45)40-15-4-2-3-5-18-44-35(46)31(27-9-8-25-7-6-16-39-32(25)19-27)20-33(42-44)26-10-12-30(13-11-26)41-36(47)43-22-28-14-17-38-21-29(28)23-43/h6-14,16-17,19,21,24,31H,2-5,15,18,20,22-23,37H2,1H3,(H,40,45)(H,41,47)/t24-,31?/m0/s1. The van der Waals surface area contributed by atoms with Crippen LogP contribution in [0.4, 0.5) is 10.5 Å². The Kier molecular flexibility index (Phi) is 9.82. The lowest BCUT2D eigenvalue weighted by atomic mass is 9.88. The molecule has 4 heterocycles. The van der Waals surface area contributed by atoms with Crippen LogP contribution >= 0.6 is 0 Å². The van der Waals surface area contributed by atoms with E-state index in [1.807, 2.05) is 66.9 Å². The first kappa shape index (κ1) is 31.8. The number of rotatable bonds is 11. The van der Waals surface area contributed by atoms with Gasteiger partial charge in [0.2, 0.25) is 5.91 Å². The normalized spacial score (nSPS) is 16.5. The van der Waals surface area contributed by atoms with Crippen LogP contribution in [0.25, 0.3) is 10.9 Å². The molecule has 2 atom stereocenters. The third-order valence-corrected chi connectivity index (χ3v) is 8.72. The van der Waals surface area contributed by atoms with Gasteiger partial charge in [-0.05, 0) is 72.4 Å². The molecular weight excluding hydrogens is 592 g/mol. The monoisotopic (exact) mass is 632 g/mol. The van der Waals surface area contributed by atoms with Crippen LogP contribution in [-0.2, 0) is 22.7 Å². The molecule has 242 valence electrons. The molecule has 4 amide bonds. The molecular formula is C36H40N8O3. The Balaban J connectivity index is 1.13. The fraction of sp³-hybridized carbons (Fsp3) is 0.333. The second kappa shape index (κ2) is 14.5. The van der Waals surface area contributed by atoms with Gasteiger partial charge in [-0.3, -0.25) is 19.6 Å². The summed E-state index contributed by atoms with van der Waals surface area (Å²) in [7, 11) is 0. The summed E-state index contributed by atoms with van der Waals surface area (Å²) in [5.74, 6) is -0.571. The highest BCUT2D eigenvalue weighted by atomic mass is 16.2. The van der Waals surface area contributed by atoms with Crippen molar-refractivity contribution >= 4 is 40.1 Å². The van der Waals surface area contributed by atoms with Gasteiger partial charge in [-0.1, -0.05) is 43.2 Å². The van der Waals surface area contributed by atoms with Crippen molar-refractivity contribution in [2.75, 3.05) is 18.4 Å². The fourth-order valence-electron chi connectivity index (χ4n) is 6.02. The van der Waals surface area contributed by atoms with E-state index in [-0.39, 0.29) is 17.8 Å². The zero-order chi connectivity index (χ0) is 32.8. The lowest BCUT2D eigenvalue weighted by Gasteiger charge is -2.30. The maximum Gasteiger partial charge on any atom is 0.322 e. The molecule has 6 rings (SSSR count). The molecule has 0 radical (unpaired) electrons. The Morgan fingerprint density at radius 3 is 2.60 bits per heavy atom. The largest absolute Gasteiger partial charge is 0.355 e. The van der Waals surface area contributed by atoms with E-state index in [1.165, 1.54) is 0 Å². The molecule has 2 aliphatic heterocycles. The van der Waals surface area contributed by atoms with Crippen LogP contribution in [0.2, 0.25) is 0 Å². The minimum atomic E-state index is -0.514. The third kappa shape index (κ3) is 7.63. The highest BCUT2D eigenvalue weighted by molar-refractivity contribution is 6.06. The Hall–Kier alpha value is -5.16. The summed E-state index contributed by atoms with van der Waals surface area (Å²) in [4.78, 5) is 48.9. The highest BCUT2D eigenvalue weighted by Gasteiger charge is 2.33. The maximum absolute atomic E-state index is 13.8. The third-order valence-electron chi connectivity index (χ3n) is 8.72. The molecule has 11 nitrogen and oxygen atoms in total. The molecule has 0 bridgehead atoms. The summed E-state index contributed by atoms with van der Waals surface area (Å²) in [6.45, 7) is 3.84. The Morgan fingerprint density at radius 1 is 0.979 bits per heavy atom. The number of hydrogen-bond donors (Lipinski definition) is 3. The number of hydrogen-bond acceptors (Lipinski definition) is 7. The van der Waals surface area contributed by atoms with Gasteiger partial charge in [-0.25, -0.2) is 9.80 Å². The Morgan fingerprint density at radius 2 is 1.79 bits per heavy atom. The predicted octanol–water partition coefficient (Wildman–Crippen LogP) is 4.92. The molecule has 2 aromatic heterocycles. The van der Waals surface area contributed by atoms with Gasteiger partial charge in [0, 0.05) is 62.3 Å². The number of fused-ring (bicyclic) bond motifs is 2. The van der Waals surface area contributed by atoms with Gasteiger partial charge in [0.1, 0.15) is 0 Å². The molecule has 0 aliphatic carbocycles. The van der Waals surface area contributed by atoms with Crippen LogP contribution in [0.3, 0.4) is 0 Å². The van der Waals surface area contributed by atoms with E-state index in [2.05, 4.69) is 20.6 Å². The van der Waals surface area contributed by atoms with Gasteiger partial charge >= 0.3 is 6.03 Å². The average molecular weight is 633 g/mol. The number of nitrogens with one attached hydrogen (secondary N) is 2. The van der Waals surface area contributed by atoms with Crippen molar-refractivity contribution < 1.29 is 14.4 Å². The number of pyridine rings is 2. The van der Waals surface area contributed by atoms with Crippen molar-refractivity contribution in [3.8, 4) is 0 Å². The molecule has 47 heavy (non-hydrogen) atoms. The lowest BCUT2D eigenvalue weighted by Crippen LogP contribution is -2.38. The van der Waals surface area contributed by atoms with Crippen LogP contribution in [0.15, 0.2) is 84.4 Å². The van der Waals surface area contributed by atoms with Gasteiger partial charge in [0.05, 0.1) is 23.2 Å². The van der Waals surface area contributed by atoms with Crippen molar-refractivity contribution in [2.24, 2.45) is 10.8 Å². The van der Waals surface area contributed by atoms with Gasteiger partial charge < -0.3 is 21.3 Å². The van der Waals surface area contributed by atoms with E-state index in [4.69, 9.17) is 10.8 Å². The van der Waals surface area contributed by atoms with E-state index in [1.54, 1.807) is 29.2 Å². The highest BCUT2D eigenvalue weighted by Crippen LogP contribution is 2.31. The number of nitrogens with two attached hydrogens (primary N) is 1. The molecule has 11 heteroatoms. The number of amides is 4. The van der Waals surface area contributed by atoms with E-state index in [0.29, 0.717) is 38.3 Å². The molecule has 2 aromatic carbocycles. The molecule has 0 spiro atoms. The Bertz CT molecular complexity index is 1760. The van der Waals surface area contributed by atoms with Crippen LogP contribution < -0.4 is 16.4 Å². The second-order valence-electron chi connectivity index (χ2n) is 12.2. The number of carbonyl (C=O) groups is 3. The van der Waals surface area contributed by atoms with E-state index >= 15 is 0 Å². The summed E-state index contributed by atoms with van der Waals surface area (Å²) in [5, 5.41) is 13.3. The molecule has 4 N–H and O–H groups in total. The van der Waals surface area contributed by atoms with Crippen LogP contribution in [0.5, 0.6) is 0 Å². The smallest absolute Gasteiger partial charge is 0.322 e. The number of aromatic nitrogens is 2.